The fourth-order valence-corrected chi connectivity index (χ4v) is 2.98. The molecule has 1 fully saturated rings. The van der Waals surface area contributed by atoms with Crippen LogP contribution in [0.25, 0.3) is 5.69 Å². The smallest absolute Gasteiger partial charge is 0.323 e. The van der Waals surface area contributed by atoms with E-state index in [-0.39, 0.29) is 18.5 Å². The molecular weight excluding hydrogens is 308 g/mol. The minimum absolute atomic E-state index is 0.0995. The Hall–Kier alpha value is -2.60. The van der Waals surface area contributed by atoms with E-state index in [2.05, 4.69) is 0 Å². The Balaban J connectivity index is 1.86. The van der Waals surface area contributed by atoms with Gasteiger partial charge in [0.05, 0.1) is 0 Å². The number of aliphatic carboxylic acids is 1. The molecule has 0 aliphatic carbocycles. The van der Waals surface area contributed by atoms with E-state index < -0.39 is 5.97 Å². The Morgan fingerprint density at radius 2 is 1.88 bits per heavy atom. The van der Waals surface area contributed by atoms with Gasteiger partial charge in [-0.3, -0.25) is 9.59 Å². The molecule has 0 radical (unpaired) electrons. The molecule has 1 aromatic heterocycles. The molecule has 0 saturated carbocycles. The third kappa shape index (κ3) is 3.65. The highest BCUT2D eigenvalue weighted by atomic mass is 16.5. The lowest BCUT2D eigenvalue weighted by atomic mass is 10.0. The van der Waals surface area contributed by atoms with E-state index in [0.717, 1.165) is 5.69 Å². The maximum atomic E-state index is 12.9. The fourth-order valence-electron chi connectivity index (χ4n) is 2.98. The van der Waals surface area contributed by atoms with Gasteiger partial charge in [-0.15, -0.1) is 0 Å². The van der Waals surface area contributed by atoms with E-state index >= 15 is 0 Å². The number of carboxylic acid groups (broad SMARTS) is 1. The number of aromatic nitrogens is 1. The molecule has 1 N–H and O–H groups in total. The molecule has 1 saturated heterocycles. The molecule has 1 aliphatic rings. The summed E-state index contributed by atoms with van der Waals surface area (Å²) in [6, 6.07) is 11.0. The maximum absolute atomic E-state index is 12.9. The largest absolute Gasteiger partial charge is 0.480 e. The number of nitrogens with zero attached hydrogens (tertiary/aromatic N) is 2. The average Bonchev–Trinajstić information content (AvgIpc) is 3.14. The van der Waals surface area contributed by atoms with E-state index in [1.54, 1.807) is 12.1 Å². The summed E-state index contributed by atoms with van der Waals surface area (Å²) in [6.45, 7) is 0.812. The van der Waals surface area contributed by atoms with Crippen LogP contribution in [0.5, 0.6) is 0 Å². The van der Waals surface area contributed by atoms with Crippen molar-refractivity contribution in [3.63, 3.8) is 0 Å². The zero-order chi connectivity index (χ0) is 16.9. The van der Waals surface area contributed by atoms with Gasteiger partial charge < -0.3 is 19.3 Å². The summed E-state index contributed by atoms with van der Waals surface area (Å²) in [5, 5.41) is 9.19. The van der Waals surface area contributed by atoms with Crippen LogP contribution in [-0.2, 0) is 9.53 Å². The SMILES string of the molecule is O=C(O)CN(C(=O)c1cccc(-n2cccc2)c1)C1CCOCC1. The van der Waals surface area contributed by atoms with Gasteiger partial charge in [0.2, 0.25) is 0 Å². The van der Waals surface area contributed by atoms with E-state index in [9.17, 15) is 14.7 Å². The fraction of sp³-hybridized carbons (Fsp3) is 0.333. The number of rotatable bonds is 5. The molecule has 6 heteroatoms. The van der Waals surface area contributed by atoms with Gasteiger partial charge in [0.1, 0.15) is 6.54 Å². The molecule has 3 rings (SSSR count). The quantitative estimate of drug-likeness (QED) is 0.913. The molecule has 6 nitrogen and oxygen atoms in total. The lowest BCUT2D eigenvalue weighted by molar-refractivity contribution is -0.138. The van der Waals surface area contributed by atoms with Gasteiger partial charge >= 0.3 is 5.97 Å². The number of hydrogen-bond donors (Lipinski definition) is 1. The first-order valence-corrected chi connectivity index (χ1v) is 7.99. The van der Waals surface area contributed by atoms with Gasteiger partial charge in [-0.25, -0.2) is 0 Å². The second-order valence-electron chi connectivity index (χ2n) is 5.81. The maximum Gasteiger partial charge on any atom is 0.323 e. The van der Waals surface area contributed by atoms with Gasteiger partial charge in [0.15, 0.2) is 0 Å². The van der Waals surface area contributed by atoms with Crippen molar-refractivity contribution in [3.8, 4) is 5.69 Å². The summed E-state index contributed by atoms with van der Waals surface area (Å²) < 4.78 is 7.23. The highest BCUT2D eigenvalue weighted by Gasteiger charge is 2.28. The first-order chi connectivity index (χ1) is 11.6. The Kier molecular flexibility index (Phi) is 4.96. The van der Waals surface area contributed by atoms with Gasteiger partial charge in [-0.1, -0.05) is 6.07 Å². The third-order valence-electron chi connectivity index (χ3n) is 4.19. The summed E-state index contributed by atoms with van der Waals surface area (Å²) in [4.78, 5) is 25.6. The zero-order valence-electron chi connectivity index (χ0n) is 13.3. The zero-order valence-corrected chi connectivity index (χ0v) is 13.3. The van der Waals surface area contributed by atoms with Crippen LogP contribution in [0.15, 0.2) is 48.8 Å². The van der Waals surface area contributed by atoms with Crippen LogP contribution in [0.2, 0.25) is 0 Å². The summed E-state index contributed by atoms with van der Waals surface area (Å²) in [7, 11) is 0. The van der Waals surface area contributed by atoms with Crippen molar-refractivity contribution in [3.05, 3.63) is 54.4 Å². The molecule has 1 aromatic carbocycles. The predicted octanol–water partition coefficient (Wildman–Crippen LogP) is 2.18. The van der Waals surface area contributed by atoms with Crippen molar-refractivity contribution in [2.24, 2.45) is 0 Å². The highest BCUT2D eigenvalue weighted by molar-refractivity contribution is 5.96. The lowest BCUT2D eigenvalue weighted by Crippen LogP contribution is -2.46. The summed E-state index contributed by atoms with van der Waals surface area (Å²) in [6.07, 6.45) is 5.13. The van der Waals surface area contributed by atoms with Gasteiger partial charge in [0.25, 0.3) is 5.91 Å². The minimum Gasteiger partial charge on any atom is -0.480 e. The van der Waals surface area contributed by atoms with Crippen LogP contribution >= 0.6 is 0 Å². The van der Waals surface area contributed by atoms with Crippen molar-refractivity contribution in [2.45, 2.75) is 18.9 Å². The standard InChI is InChI=1S/C18H20N2O4/c21-17(22)13-20(15-6-10-24-11-7-15)18(23)14-4-3-5-16(12-14)19-8-1-2-9-19/h1-5,8-9,12,15H,6-7,10-11,13H2,(H,21,22). The van der Waals surface area contributed by atoms with Crippen LogP contribution in [-0.4, -0.2) is 52.3 Å². The number of carboxylic acids is 1. The minimum atomic E-state index is -1.00. The topological polar surface area (TPSA) is 71.8 Å². The van der Waals surface area contributed by atoms with Crippen molar-refractivity contribution < 1.29 is 19.4 Å². The first kappa shape index (κ1) is 16.3. The number of amides is 1. The third-order valence-corrected chi connectivity index (χ3v) is 4.19. The molecule has 1 aliphatic heterocycles. The average molecular weight is 328 g/mol. The number of carbonyl (C=O) groups is 2. The normalized spacial score (nSPS) is 15.2. The van der Waals surface area contributed by atoms with Gasteiger partial charge in [-0.05, 0) is 43.2 Å². The molecule has 2 aromatic rings. The predicted molar refractivity (Wildman–Crippen MR) is 88.3 cm³/mol. The molecule has 2 heterocycles. The monoisotopic (exact) mass is 328 g/mol. The summed E-state index contributed by atoms with van der Waals surface area (Å²) in [5.41, 5.74) is 1.36. The molecular formula is C18H20N2O4. The Morgan fingerprint density at radius 3 is 2.54 bits per heavy atom. The molecule has 24 heavy (non-hydrogen) atoms. The van der Waals surface area contributed by atoms with E-state index in [0.29, 0.717) is 31.6 Å². The molecule has 126 valence electrons. The van der Waals surface area contributed by atoms with Crippen LogP contribution in [0.1, 0.15) is 23.2 Å². The Morgan fingerprint density at radius 1 is 1.17 bits per heavy atom. The Bertz CT molecular complexity index is 706. The first-order valence-electron chi connectivity index (χ1n) is 7.99. The molecule has 0 atom stereocenters. The van der Waals surface area contributed by atoms with E-state index in [1.165, 1.54) is 4.90 Å². The van der Waals surface area contributed by atoms with Crippen LogP contribution in [0.3, 0.4) is 0 Å². The second kappa shape index (κ2) is 7.31. The lowest BCUT2D eigenvalue weighted by Gasteiger charge is -2.33. The molecule has 1 amide bonds. The second-order valence-corrected chi connectivity index (χ2v) is 5.81. The number of benzene rings is 1. The molecule has 0 spiro atoms. The highest BCUT2D eigenvalue weighted by Crippen LogP contribution is 2.19. The summed E-state index contributed by atoms with van der Waals surface area (Å²) >= 11 is 0. The number of hydrogen-bond acceptors (Lipinski definition) is 3. The van der Waals surface area contributed by atoms with Crippen molar-refractivity contribution in [2.75, 3.05) is 19.8 Å². The number of ether oxygens (including phenoxy) is 1. The van der Waals surface area contributed by atoms with Crippen LogP contribution in [0, 0.1) is 0 Å². The van der Waals surface area contributed by atoms with Gasteiger partial charge in [0, 0.05) is 42.9 Å². The van der Waals surface area contributed by atoms with Crippen LogP contribution in [0.4, 0.5) is 0 Å². The Labute approximate surface area is 140 Å². The van der Waals surface area contributed by atoms with Crippen molar-refractivity contribution in [1.82, 2.24) is 9.47 Å². The van der Waals surface area contributed by atoms with Gasteiger partial charge in [-0.2, -0.15) is 0 Å². The van der Waals surface area contributed by atoms with Crippen molar-refractivity contribution in [1.29, 1.82) is 0 Å². The van der Waals surface area contributed by atoms with Crippen LogP contribution < -0.4 is 0 Å². The molecule has 0 bridgehead atoms. The van der Waals surface area contributed by atoms with E-state index in [1.807, 2.05) is 41.2 Å². The summed E-state index contributed by atoms with van der Waals surface area (Å²) in [5.74, 6) is -1.25. The number of carbonyl (C=O) groups excluding carboxylic acids is 1. The van der Waals surface area contributed by atoms with Crippen molar-refractivity contribution >= 4 is 11.9 Å². The molecule has 0 unspecified atom stereocenters. The van der Waals surface area contributed by atoms with E-state index in [4.69, 9.17) is 4.74 Å².